The first-order chi connectivity index (χ1) is 7.22. The summed E-state index contributed by atoms with van der Waals surface area (Å²) in [6, 6.07) is 0. The van der Waals surface area contributed by atoms with Crippen molar-refractivity contribution in [1.82, 2.24) is 0 Å². The predicted octanol–water partition coefficient (Wildman–Crippen LogP) is -6.73. The van der Waals surface area contributed by atoms with Gasteiger partial charge < -0.3 is 39.5 Å². The van der Waals surface area contributed by atoms with Gasteiger partial charge in [-0.05, 0) is 0 Å². The number of phosphoric ester groups is 1. The molecule has 11 heteroatoms. The van der Waals surface area contributed by atoms with Crippen LogP contribution in [0.3, 0.4) is 0 Å². The SMILES string of the molecule is O=P([O-])(O)OC[C@H]1O[C@H](O)[C@@H](O)[C@@H](O)[C@@H]1O.[Na+]. The first-order valence-corrected chi connectivity index (χ1v) is 5.78. The van der Waals surface area contributed by atoms with Gasteiger partial charge in [-0.25, -0.2) is 0 Å². The van der Waals surface area contributed by atoms with Gasteiger partial charge in [0.2, 0.25) is 0 Å². The van der Waals surface area contributed by atoms with Gasteiger partial charge in [-0.1, -0.05) is 0 Å². The first-order valence-electron chi connectivity index (χ1n) is 4.28. The van der Waals surface area contributed by atoms with Gasteiger partial charge >= 0.3 is 29.6 Å². The Kier molecular flexibility index (Phi) is 7.27. The number of phosphoric acid groups is 1. The largest absolute Gasteiger partial charge is 1.00 e. The van der Waals surface area contributed by atoms with Crippen LogP contribution in [0.4, 0.5) is 0 Å². The number of ether oxygens (including phenoxy) is 1. The van der Waals surface area contributed by atoms with Gasteiger partial charge in [-0.3, -0.25) is 4.57 Å². The van der Waals surface area contributed by atoms with Crippen molar-refractivity contribution in [2.24, 2.45) is 0 Å². The standard InChI is InChI=1S/C6H13O9P.Na/c7-3-2(1-14-16(11,12)13)15-6(10)5(9)4(3)8;/h2-10H,1H2,(H2,11,12,13);/q;+1/p-1/t2-,3-,4+,5+,6+;/m1./s1. The molecule has 6 atom stereocenters. The minimum atomic E-state index is -4.98. The summed E-state index contributed by atoms with van der Waals surface area (Å²) in [5.74, 6) is 0. The second kappa shape index (κ2) is 6.90. The Hall–Kier alpha value is 0.910. The van der Waals surface area contributed by atoms with Crippen LogP contribution in [-0.4, -0.2) is 62.6 Å². The van der Waals surface area contributed by atoms with Crippen LogP contribution in [0.15, 0.2) is 0 Å². The molecule has 0 radical (unpaired) electrons. The van der Waals surface area contributed by atoms with E-state index in [1.165, 1.54) is 0 Å². The summed E-state index contributed by atoms with van der Waals surface area (Å²) in [5, 5.41) is 36.7. The summed E-state index contributed by atoms with van der Waals surface area (Å²) in [6.45, 7) is -0.792. The summed E-state index contributed by atoms with van der Waals surface area (Å²) >= 11 is 0. The minimum Gasteiger partial charge on any atom is -0.756 e. The molecule has 0 aromatic rings. The summed E-state index contributed by atoms with van der Waals surface area (Å²) in [4.78, 5) is 18.5. The van der Waals surface area contributed by atoms with E-state index in [9.17, 15) is 19.7 Å². The third-order valence-electron chi connectivity index (χ3n) is 2.09. The number of hydrogen-bond donors (Lipinski definition) is 5. The molecule has 1 rings (SSSR count). The topological polar surface area (TPSA) is 160 Å². The van der Waals surface area contributed by atoms with Crippen LogP contribution in [0.2, 0.25) is 0 Å². The molecule has 1 aliphatic rings. The van der Waals surface area contributed by atoms with Crippen molar-refractivity contribution in [1.29, 1.82) is 0 Å². The molecular formula is C6H12NaO9P. The molecule has 1 heterocycles. The van der Waals surface area contributed by atoms with Gasteiger partial charge in [0.1, 0.15) is 24.4 Å². The van der Waals surface area contributed by atoms with Crippen LogP contribution in [0.5, 0.6) is 0 Å². The zero-order valence-electron chi connectivity index (χ0n) is 8.91. The Bertz CT molecular complexity index is 283. The molecule has 0 aromatic heterocycles. The summed E-state index contributed by atoms with van der Waals surface area (Å²) in [5.41, 5.74) is 0. The Morgan fingerprint density at radius 1 is 1.18 bits per heavy atom. The van der Waals surface area contributed by atoms with Crippen molar-refractivity contribution < 1.29 is 73.6 Å². The average molecular weight is 282 g/mol. The number of hydrogen-bond acceptors (Lipinski definition) is 8. The van der Waals surface area contributed by atoms with Gasteiger partial charge in [-0.2, -0.15) is 0 Å². The molecule has 0 saturated carbocycles. The monoisotopic (exact) mass is 282 g/mol. The summed E-state index contributed by atoms with van der Waals surface area (Å²) in [6.07, 6.45) is -8.23. The summed E-state index contributed by atoms with van der Waals surface area (Å²) < 4.78 is 18.8. The van der Waals surface area contributed by atoms with E-state index in [-0.39, 0.29) is 29.6 Å². The van der Waals surface area contributed by atoms with Crippen LogP contribution >= 0.6 is 7.82 Å². The van der Waals surface area contributed by atoms with E-state index in [1.807, 2.05) is 0 Å². The number of rotatable bonds is 3. The van der Waals surface area contributed by atoms with E-state index < -0.39 is 45.1 Å². The van der Waals surface area contributed by atoms with Gasteiger partial charge in [0, 0.05) is 0 Å². The van der Waals surface area contributed by atoms with Crippen molar-refractivity contribution >= 4 is 7.82 Å². The average Bonchev–Trinajstić information content (AvgIpc) is 2.17. The van der Waals surface area contributed by atoms with Gasteiger partial charge in [0.05, 0.1) is 6.61 Å². The molecule has 0 bridgehead atoms. The maximum Gasteiger partial charge on any atom is 1.00 e. The van der Waals surface area contributed by atoms with Gasteiger partial charge in [0.25, 0.3) is 7.82 Å². The van der Waals surface area contributed by atoms with Gasteiger partial charge in [0.15, 0.2) is 6.29 Å². The minimum absolute atomic E-state index is 0. The van der Waals surface area contributed by atoms with E-state index in [0.29, 0.717) is 0 Å². The maximum absolute atomic E-state index is 10.3. The predicted molar refractivity (Wildman–Crippen MR) is 44.7 cm³/mol. The molecule has 0 amide bonds. The molecule has 1 aliphatic heterocycles. The number of aliphatic hydroxyl groups excluding tert-OH is 4. The second-order valence-electron chi connectivity index (χ2n) is 3.30. The van der Waals surface area contributed by atoms with Crippen molar-refractivity contribution in [3.05, 3.63) is 0 Å². The van der Waals surface area contributed by atoms with Crippen LogP contribution < -0.4 is 34.5 Å². The Morgan fingerprint density at radius 3 is 2.18 bits per heavy atom. The van der Waals surface area contributed by atoms with Crippen molar-refractivity contribution in [3.63, 3.8) is 0 Å². The zero-order chi connectivity index (χ0) is 12.5. The van der Waals surface area contributed by atoms with E-state index in [4.69, 9.17) is 15.1 Å². The second-order valence-corrected chi connectivity index (χ2v) is 4.50. The first kappa shape index (κ1) is 17.9. The van der Waals surface area contributed by atoms with E-state index in [1.54, 1.807) is 0 Å². The fourth-order valence-electron chi connectivity index (χ4n) is 1.24. The molecule has 9 nitrogen and oxygen atoms in total. The quantitative estimate of drug-likeness (QED) is 0.250. The van der Waals surface area contributed by atoms with E-state index in [2.05, 4.69) is 9.26 Å². The molecule has 96 valence electrons. The molecular weight excluding hydrogens is 270 g/mol. The fraction of sp³-hybridized carbons (Fsp3) is 1.00. The molecule has 17 heavy (non-hydrogen) atoms. The molecule has 1 unspecified atom stereocenters. The normalized spacial score (nSPS) is 41.4. The number of aliphatic hydroxyl groups is 4. The molecule has 1 saturated heterocycles. The van der Waals surface area contributed by atoms with Crippen LogP contribution in [0.25, 0.3) is 0 Å². The molecule has 5 N–H and O–H groups in total. The van der Waals surface area contributed by atoms with E-state index >= 15 is 0 Å². The Labute approximate surface area is 119 Å². The third kappa shape index (κ3) is 5.19. The smallest absolute Gasteiger partial charge is 0.756 e. The van der Waals surface area contributed by atoms with Crippen LogP contribution in [0, 0.1) is 0 Å². The molecule has 0 spiro atoms. The molecule has 0 aliphatic carbocycles. The maximum atomic E-state index is 10.3. The summed E-state index contributed by atoms with van der Waals surface area (Å²) in [7, 11) is -4.98. The van der Waals surface area contributed by atoms with Crippen molar-refractivity contribution in [2.75, 3.05) is 6.61 Å². The molecule has 0 aromatic carbocycles. The third-order valence-corrected chi connectivity index (χ3v) is 2.56. The van der Waals surface area contributed by atoms with Crippen molar-refractivity contribution in [3.8, 4) is 0 Å². The Balaban J connectivity index is 0.00000256. The fourth-order valence-corrected chi connectivity index (χ4v) is 1.57. The van der Waals surface area contributed by atoms with Crippen molar-refractivity contribution in [2.45, 2.75) is 30.7 Å². The Morgan fingerprint density at radius 2 is 1.71 bits per heavy atom. The van der Waals surface area contributed by atoms with E-state index in [0.717, 1.165) is 0 Å². The van der Waals surface area contributed by atoms with Crippen LogP contribution in [0.1, 0.15) is 0 Å². The van der Waals surface area contributed by atoms with Gasteiger partial charge in [-0.15, -0.1) is 0 Å². The zero-order valence-corrected chi connectivity index (χ0v) is 11.8. The molecule has 1 fully saturated rings. The van der Waals surface area contributed by atoms with Crippen LogP contribution in [-0.2, 0) is 13.8 Å².